The van der Waals surface area contributed by atoms with Crippen molar-refractivity contribution in [1.29, 1.82) is 0 Å². The summed E-state index contributed by atoms with van der Waals surface area (Å²) in [6.07, 6.45) is 14.2. The molecule has 0 atom stereocenters. The van der Waals surface area contributed by atoms with Crippen molar-refractivity contribution in [2.24, 2.45) is 0 Å². The molecule has 0 amide bonds. The molecule has 0 bridgehead atoms. The van der Waals surface area contributed by atoms with Crippen LogP contribution < -0.4 is 0 Å². The Morgan fingerprint density at radius 1 is 1.41 bits per heavy atom. The Bertz CT molecular complexity index is 487. The molecule has 0 radical (unpaired) electrons. The monoisotopic (exact) mass is 228 g/mol. The first-order valence-electron chi connectivity index (χ1n) is 6.32. The van der Waals surface area contributed by atoms with Crippen LogP contribution in [-0.4, -0.2) is 9.55 Å². The number of hydrogen-bond acceptors (Lipinski definition) is 1. The minimum Gasteiger partial charge on any atom is -0.301 e. The Morgan fingerprint density at radius 3 is 2.88 bits per heavy atom. The molecule has 0 aromatic carbocycles. The molecule has 0 unspecified atom stereocenters. The van der Waals surface area contributed by atoms with Gasteiger partial charge in [-0.15, -0.1) is 0 Å². The van der Waals surface area contributed by atoms with Crippen molar-refractivity contribution in [3.8, 4) is 0 Å². The molecule has 1 aliphatic carbocycles. The molecule has 2 rings (SSSR count). The maximum Gasteiger partial charge on any atom is 0.110 e. The van der Waals surface area contributed by atoms with Gasteiger partial charge < -0.3 is 4.57 Å². The van der Waals surface area contributed by atoms with Gasteiger partial charge in [-0.25, -0.2) is 4.98 Å². The maximum absolute atomic E-state index is 4.59. The molecule has 2 nitrogen and oxygen atoms in total. The fraction of sp³-hybridized carbons (Fsp3) is 0.400. The normalized spacial score (nSPS) is 15.6. The molecule has 17 heavy (non-hydrogen) atoms. The van der Waals surface area contributed by atoms with Crippen molar-refractivity contribution in [3.05, 3.63) is 41.5 Å². The van der Waals surface area contributed by atoms with Gasteiger partial charge in [0, 0.05) is 5.70 Å². The van der Waals surface area contributed by atoms with E-state index in [0.29, 0.717) is 0 Å². The van der Waals surface area contributed by atoms with E-state index >= 15 is 0 Å². The fourth-order valence-corrected chi connectivity index (χ4v) is 2.25. The third kappa shape index (κ3) is 2.41. The predicted octanol–water partition coefficient (Wildman–Crippen LogP) is 4.11. The Labute approximate surface area is 103 Å². The molecule has 0 saturated carbocycles. The molecule has 0 fully saturated rings. The molecule has 1 heterocycles. The van der Waals surface area contributed by atoms with E-state index in [4.69, 9.17) is 0 Å². The minimum atomic E-state index is 1.06. The number of allylic oxidation sites excluding steroid dienone is 5. The highest BCUT2D eigenvalue weighted by atomic mass is 15.1. The molecule has 0 N–H and O–H groups in total. The van der Waals surface area contributed by atoms with E-state index in [0.717, 1.165) is 30.8 Å². The van der Waals surface area contributed by atoms with Crippen molar-refractivity contribution in [2.45, 2.75) is 40.0 Å². The Morgan fingerprint density at radius 2 is 2.24 bits per heavy atom. The first-order valence-corrected chi connectivity index (χ1v) is 6.32. The second-order valence-corrected chi connectivity index (χ2v) is 4.40. The SMILES string of the molecule is CC/C=C\c1c(C)nc(C)n1C1=CC=CCC1. The minimum absolute atomic E-state index is 1.06. The van der Waals surface area contributed by atoms with Gasteiger partial charge in [0.25, 0.3) is 0 Å². The van der Waals surface area contributed by atoms with Crippen molar-refractivity contribution < 1.29 is 0 Å². The zero-order valence-electron chi connectivity index (χ0n) is 10.9. The van der Waals surface area contributed by atoms with Crippen LogP contribution >= 0.6 is 0 Å². The fourth-order valence-electron chi connectivity index (χ4n) is 2.25. The Kier molecular flexibility index (Phi) is 3.62. The van der Waals surface area contributed by atoms with E-state index in [2.05, 4.69) is 60.7 Å². The predicted molar refractivity (Wildman–Crippen MR) is 73.7 cm³/mol. The number of imidazole rings is 1. The van der Waals surface area contributed by atoms with Crippen molar-refractivity contribution in [2.75, 3.05) is 0 Å². The molecule has 0 saturated heterocycles. The summed E-state index contributed by atoms with van der Waals surface area (Å²) >= 11 is 0. The van der Waals surface area contributed by atoms with Gasteiger partial charge in [-0.2, -0.15) is 0 Å². The lowest BCUT2D eigenvalue weighted by Crippen LogP contribution is -2.03. The van der Waals surface area contributed by atoms with Crippen LogP contribution in [0.4, 0.5) is 0 Å². The highest BCUT2D eigenvalue weighted by molar-refractivity contribution is 5.60. The first kappa shape index (κ1) is 11.9. The molecule has 0 spiro atoms. The van der Waals surface area contributed by atoms with Crippen LogP contribution in [0, 0.1) is 13.8 Å². The van der Waals surface area contributed by atoms with Gasteiger partial charge in [0.2, 0.25) is 0 Å². The number of aryl methyl sites for hydroxylation is 2. The summed E-state index contributed by atoms with van der Waals surface area (Å²) < 4.78 is 2.28. The summed E-state index contributed by atoms with van der Waals surface area (Å²) in [7, 11) is 0. The zero-order chi connectivity index (χ0) is 12.3. The van der Waals surface area contributed by atoms with E-state index in [1.54, 1.807) is 0 Å². The molecule has 1 aromatic heterocycles. The lowest BCUT2D eigenvalue weighted by atomic mass is 10.1. The molecular formula is C15H20N2. The molecule has 2 heteroatoms. The summed E-state index contributed by atoms with van der Waals surface area (Å²) in [6.45, 7) is 6.31. The molecule has 90 valence electrons. The van der Waals surface area contributed by atoms with E-state index in [1.165, 1.54) is 11.4 Å². The topological polar surface area (TPSA) is 17.8 Å². The maximum atomic E-state index is 4.59. The number of nitrogens with zero attached hydrogens (tertiary/aromatic N) is 2. The second kappa shape index (κ2) is 5.17. The standard InChI is InChI=1S/C15H20N2/c1-4-5-11-15-12(2)16-13(3)17(15)14-9-7-6-8-10-14/h5-7,9,11H,4,8,10H2,1-3H3/b11-5-. The van der Waals surface area contributed by atoms with Gasteiger partial charge in [0.15, 0.2) is 0 Å². The van der Waals surface area contributed by atoms with E-state index in [-0.39, 0.29) is 0 Å². The number of hydrogen-bond donors (Lipinski definition) is 0. The van der Waals surface area contributed by atoms with Gasteiger partial charge in [0.05, 0.1) is 11.4 Å². The van der Waals surface area contributed by atoms with Gasteiger partial charge in [-0.05, 0) is 45.3 Å². The van der Waals surface area contributed by atoms with Crippen LogP contribution in [0.15, 0.2) is 24.3 Å². The summed E-state index contributed by atoms with van der Waals surface area (Å²) in [5.74, 6) is 1.08. The first-order chi connectivity index (χ1) is 8.24. The van der Waals surface area contributed by atoms with Crippen LogP contribution in [-0.2, 0) is 0 Å². The van der Waals surface area contributed by atoms with Crippen LogP contribution in [0.3, 0.4) is 0 Å². The summed E-state index contributed by atoms with van der Waals surface area (Å²) in [4.78, 5) is 4.59. The summed E-state index contributed by atoms with van der Waals surface area (Å²) in [5.41, 5.74) is 3.69. The number of aromatic nitrogens is 2. The lowest BCUT2D eigenvalue weighted by molar-refractivity contribution is 0.898. The van der Waals surface area contributed by atoms with E-state index in [1.807, 2.05) is 0 Å². The molecular weight excluding hydrogens is 208 g/mol. The van der Waals surface area contributed by atoms with Gasteiger partial charge in [-0.1, -0.05) is 25.2 Å². The highest BCUT2D eigenvalue weighted by Crippen LogP contribution is 2.24. The van der Waals surface area contributed by atoms with E-state index < -0.39 is 0 Å². The van der Waals surface area contributed by atoms with E-state index in [9.17, 15) is 0 Å². The van der Waals surface area contributed by atoms with Gasteiger partial charge in [-0.3, -0.25) is 0 Å². The molecule has 1 aliphatic rings. The van der Waals surface area contributed by atoms with Crippen LogP contribution in [0.2, 0.25) is 0 Å². The third-order valence-electron chi connectivity index (χ3n) is 3.06. The van der Waals surface area contributed by atoms with Crippen molar-refractivity contribution in [1.82, 2.24) is 9.55 Å². The number of rotatable bonds is 3. The average Bonchev–Trinajstić information content (AvgIpc) is 2.62. The van der Waals surface area contributed by atoms with Gasteiger partial charge in [0.1, 0.15) is 5.82 Å². The van der Waals surface area contributed by atoms with Crippen LogP contribution in [0.5, 0.6) is 0 Å². The largest absolute Gasteiger partial charge is 0.301 e. The molecule has 0 aliphatic heterocycles. The van der Waals surface area contributed by atoms with Crippen LogP contribution in [0.1, 0.15) is 43.4 Å². The summed E-state index contributed by atoms with van der Waals surface area (Å²) in [6, 6.07) is 0. The van der Waals surface area contributed by atoms with Crippen LogP contribution in [0.25, 0.3) is 11.8 Å². The van der Waals surface area contributed by atoms with Gasteiger partial charge >= 0.3 is 0 Å². The highest BCUT2D eigenvalue weighted by Gasteiger charge is 2.13. The lowest BCUT2D eigenvalue weighted by Gasteiger charge is -2.14. The zero-order valence-corrected chi connectivity index (χ0v) is 10.9. The third-order valence-corrected chi connectivity index (χ3v) is 3.06. The summed E-state index contributed by atoms with van der Waals surface area (Å²) in [5, 5.41) is 0. The van der Waals surface area contributed by atoms with Crippen molar-refractivity contribution in [3.63, 3.8) is 0 Å². The van der Waals surface area contributed by atoms with Crippen molar-refractivity contribution >= 4 is 11.8 Å². The smallest absolute Gasteiger partial charge is 0.110 e. The quantitative estimate of drug-likeness (QED) is 0.761. The average molecular weight is 228 g/mol. The Balaban J connectivity index is 2.48. The second-order valence-electron chi connectivity index (χ2n) is 4.40. The molecule has 1 aromatic rings. The Hall–Kier alpha value is -1.57.